The molecule has 0 radical (unpaired) electrons. The molecule has 0 bridgehead atoms. The van der Waals surface area contributed by atoms with Gasteiger partial charge < -0.3 is 24.8 Å². The van der Waals surface area contributed by atoms with Crippen molar-refractivity contribution in [3.8, 4) is 0 Å². The minimum atomic E-state index is 0. The van der Waals surface area contributed by atoms with Crippen molar-refractivity contribution >= 4 is 122 Å². The van der Waals surface area contributed by atoms with Crippen LogP contribution in [-0.2, 0) is 23.3 Å². The number of fused-ring (bicyclic) bond motifs is 10. The molecule has 2 heterocycles. The third-order valence-corrected chi connectivity index (χ3v) is 9.61. The van der Waals surface area contributed by atoms with Crippen molar-refractivity contribution in [3.63, 3.8) is 0 Å². The van der Waals surface area contributed by atoms with E-state index in [9.17, 15) is 0 Å². The number of halogens is 4. The van der Waals surface area contributed by atoms with Gasteiger partial charge in [-0.1, -0.05) is 89.8 Å². The number of benzene rings is 4. The summed E-state index contributed by atoms with van der Waals surface area (Å²) in [5, 5.41) is 11.0. The largest absolute Gasteiger partial charge is 1.00 e. The summed E-state index contributed by atoms with van der Waals surface area (Å²) in [5.41, 5.74) is 0.210. The van der Waals surface area contributed by atoms with Crippen LogP contribution in [0.3, 0.4) is 0 Å². The van der Waals surface area contributed by atoms with Gasteiger partial charge in [-0.15, -0.1) is 68.7 Å². The predicted octanol–water partition coefficient (Wildman–Crippen LogP) is 6.17. The first-order chi connectivity index (χ1) is 18.4. The Labute approximate surface area is 285 Å². The summed E-state index contributed by atoms with van der Waals surface area (Å²) in [5.74, 6) is 0. The van der Waals surface area contributed by atoms with Gasteiger partial charge in [0.25, 0.3) is 0 Å². The number of thiophene rings is 2. The van der Waals surface area contributed by atoms with Crippen LogP contribution in [0.25, 0.3) is 61.9 Å². The van der Waals surface area contributed by atoms with E-state index in [1.165, 1.54) is 61.9 Å². The van der Waals surface area contributed by atoms with Crippen molar-refractivity contribution in [2.45, 2.75) is 13.1 Å². The van der Waals surface area contributed by atoms with Gasteiger partial charge in [-0.2, -0.15) is 22.7 Å². The van der Waals surface area contributed by atoms with Crippen LogP contribution in [0.1, 0.15) is 0 Å². The molecule has 0 amide bonds. The van der Waals surface area contributed by atoms with Crippen LogP contribution in [0.5, 0.6) is 0 Å². The van der Waals surface area contributed by atoms with Crippen LogP contribution < -0.4 is 24.8 Å². The molecule has 8 rings (SSSR count). The summed E-state index contributed by atoms with van der Waals surface area (Å²) < 4.78 is 7.82. The van der Waals surface area contributed by atoms with Crippen molar-refractivity contribution in [1.29, 1.82) is 0 Å². The smallest absolute Gasteiger partial charge is 1.00 e. The van der Waals surface area contributed by atoms with Gasteiger partial charge in [0.15, 0.2) is 0 Å². The molecule has 6 aromatic carbocycles. The Morgan fingerprint density at radius 2 is 0.975 bits per heavy atom. The maximum atomic E-state index is 3.53. The second-order valence-corrected chi connectivity index (χ2v) is 22.8. The number of rotatable bonds is 0. The third kappa shape index (κ3) is 6.40. The molecule has 40 heavy (non-hydrogen) atoms. The van der Waals surface area contributed by atoms with Gasteiger partial charge in [0.2, 0.25) is 0 Å². The first-order valence-electron chi connectivity index (χ1n) is 12.2. The van der Waals surface area contributed by atoms with Crippen molar-refractivity contribution in [3.05, 3.63) is 106 Å². The monoisotopic (exact) mass is 816 g/mol. The Morgan fingerprint density at radius 3 is 1.38 bits per heavy atom. The Hall–Kier alpha value is -0.820. The minimum absolute atomic E-state index is 0. The molecule has 0 atom stereocenters. The summed E-state index contributed by atoms with van der Waals surface area (Å²) in [6, 6.07) is 34.9. The number of hydrogen-bond acceptors (Lipinski definition) is 2. The fraction of sp³-hybridized carbons (Fsp3) is 0.0625. The van der Waals surface area contributed by atoms with Crippen molar-refractivity contribution in [1.82, 2.24) is 0 Å². The van der Waals surface area contributed by atoms with E-state index in [1.54, 1.807) is 23.3 Å². The average Bonchev–Trinajstić information content (AvgIpc) is 3.60. The van der Waals surface area contributed by atoms with Gasteiger partial charge in [0.05, 0.1) is 0 Å². The van der Waals surface area contributed by atoms with Gasteiger partial charge in [0, 0.05) is 9.40 Å². The minimum Gasteiger partial charge on any atom is -1.00 e. The van der Waals surface area contributed by atoms with Crippen LogP contribution in [0.4, 0.5) is 0 Å². The van der Waals surface area contributed by atoms with Crippen molar-refractivity contribution in [2.24, 2.45) is 0 Å². The Bertz CT molecular complexity index is 1970. The third-order valence-electron chi connectivity index (χ3n) is 6.38. The SMILES string of the molecule is Brc1ccc2c(c1)[cH-]c1sc3ccccc3c12.Brc1ccc2c(c1)[cH-]c1sc3ccccc3c12.C[Si](C)=[Zr+2].[Cl-].[Cl-]. The van der Waals surface area contributed by atoms with Crippen molar-refractivity contribution in [2.75, 3.05) is 0 Å². The summed E-state index contributed by atoms with van der Waals surface area (Å²) in [6.45, 7) is 4.62. The molecule has 8 heteroatoms. The molecule has 0 fully saturated rings. The molecule has 0 N–H and O–H groups in total. The molecule has 2 aromatic heterocycles. The van der Waals surface area contributed by atoms with Crippen LogP contribution >= 0.6 is 54.5 Å². The normalized spacial score (nSPS) is 10.8. The van der Waals surface area contributed by atoms with Crippen LogP contribution in [-0.4, -0.2) is 5.43 Å². The molecular formula is C32H22Br2Cl2S2SiZr-2. The van der Waals surface area contributed by atoms with E-state index in [1.807, 2.05) is 22.7 Å². The zero-order valence-electron chi connectivity index (χ0n) is 21.6. The van der Waals surface area contributed by atoms with Gasteiger partial charge in [-0.25, -0.2) is 0 Å². The molecule has 0 saturated carbocycles. The fourth-order valence-electron chi connectivity index (χ4n) is 4.93. The van der Waals surface area contributed by atoms with E-state index in [-0.39, 0.29) is 30.2 Å². The maximum Gasteiger partial charge on any atom is -1.00 e. The molecule has 0 saturated heterocycles. The Morgan fingerprint density at radius 1 is 0.600 bits per heavy atom. The molecule has 200 valence electrons. The molecule has 0 spiro atoms. The van der Waals surface area contributed by atoms with Crippen LogP contribution in [0.2, 0.25) is 13.1 Å². The van der Waals surface area contributed by atoms with Crippen LogP contribution in [0, 0.1) is 0 Å². The van der Waals surface area contributed by atoms with Gasteiger partial charge in [-0.3, -0.25) is 0 Å². The van der Waals surface area contributed by atoms with E-state index >= 15 is 0 Å². The molecule has 0 aliphatic rings. The zero-order chi connectivity index (χ0) is 26.4. The van der Waals surface area contributed by atoms with E-state index in [4.69, 9.17) is 0 Å². The number of hydrogen-bond donors (Lipinski definition) is 0. The second kappa shape index (κ2) is 13.7. The molecule has 0 unspecified atom stereocenters. The molecule has 0 aliphatic carbocycles. The van der Waals surface area contributed by atoms with E-state index in [0.29, 0.717) is 0 Å². The second-order valence-electron chi connectivity index (χ2n) is 9.43. The summed E-state index contributed by atoms with van der Waals surface area (Å²) in [6.07, 6.45) is 0. The standard InChI is InChI=1S/2C15H8BrS.C2H6Si.2ClH.Zr/c2*16-10-5-6-11-9(7-10)8-14-15(11)12-3-1-2-4-13(12)17-14;1-3-2;;;/h2*1-8H;1-2H3;2*1H;/q2*-1;;;;+2/p-2. The maximum absolute atomic E-state index is 3.53. The zero-order valence-corrected chi connectivity index (χ0v) is 31.3. The molecule has 8 aromatic rings. The van der Waals surface area contributed by atoms with Gasteiger partial charge in [-0.05, 0) is 31.9 Å². The summed E-state index contributed by atoms with van der Waals surface area (Å²) in [7, 11) is 0. The topological polar surface area (TPSA) is 0 Å². The Balaban J connectivity index is 0.000000157. The van der Waals surface area contributed by atoms with E-state index in [2.05, 4.69) is 142 Å². The first-order valence-corrected chi connectivity index (χ1v) is 21.6. The molecule has 0 aliphatic heterocycles. The van der Waals surface area contributed by atoms with Crippen molar-refractivity contribution < 1.29 is 48.1 Å². The van der Waals surface area contributed by atoms with E-state index < -0.39 is 0 Å². The van der Waals surface area contributed by atoms with Gasteiger partial charge >= 0.3 is 41.9 Å². The van der Waals surface area contributed by atoms with Gasteiger partial charge in [0.1, 0.15) is 0 Å². The molecule has 0 nitrogen and oxygen atoms in total. The van der Waals surface area contributed by atoms with E-state index in [0.717, 1.165) is 8.95 Å². The molecular weight excluding hydrogens is 799 g/mol. The quantitative estimate of drug-likeness (QED) is 0.127. The summed E-state index contributed by atoms with van der Waals surface area (Å²) in [4.78, 5) is 0. The fourth-order valence-corrected chi connectivity index (χ4v) is 8.03. The summed E-state index contributed by atoms with van der Waals surface area (Å²) >= 11 is 12.6. The predicted molar refractivity (Wildman–Crippen MR) is 178 cm³/mol. The average molecular weight is 821 g/mol. The first kappa shape index (κ1) is 32.1. The van der Waals surface area contributed by atoms with Crippen LogP contribution in [0.15, 0.2) is 106 Å². The Kier molecular flexibility index (Phi) is 11.0.